The zero-order chi connectivity index (χ0) is 41.7. The van der Waals surface area contributed by atoms with Gasteiger partial charge in [0.1, 0.15) is 0 Å². The largest absolute Gasteiger partial charge is 0.311 e. The second-order valence-corrected chi connectivity index (χ2v) is 16.2. The number of rotatable bonds is 8. The molecule has 0 atom stereocenters. The Balaban J connectivity index is 0.934. The molecule has 0 aliphatic rings. The highest BCUT2D eigenvalue weighted by Crippen LogP contribution is 2.43. The molecule has 2 aromatic heterocycles. The molecule has 0 unspecified atom stereocenters. The lowest BCUT2D eigenvalue weighted by molar-refractivity contribution is 1.17. The first-order valence-electron chi connectivity index (χ1n) is 21.6. The van der Waals surface area contributed by atoms with Gasteiger partial charge in [-0.1, -0.05) is 170 Å². The number of fused-ring (bicyclic) bond motifs is 7. The van der Waals surface area contributed by atoms with Crippen LogP contribution in [0.2, 0.25) is 0 Å². The van der Waals surface area contributed by atoms with Gasteiger partial charge >= 0.3 is 0 Å². The standard InChI is InChI=1S/C60H41N3/c1-4-14-42(15-5-1)44-24-32-49(33-25-44)61(48-18-8-3-9-19-48)50-34-26-46(27-35-50)47-30-38-52(39-31-47)63-56-22-12-10-20-53(56)54-40-41-58-59(60(54)63)55-21-11-13-23-57(55)62(58)51-36-28-45(29-37-51)43-16-6-2-7-17-43/h1-41H. The molecule has 296 valence electrons. The van der Waals surface area contributed by atoms with Crippen molar-refractivity contribution < 1.29 is 0 Å². The molecule has 10 aromatic carbocycles. The smallest absolute Gasteiger partial charge is 0.0641 e. The molecule has 3 nitrogen and oxygen atoms in total. The molecule has 0 amide bonds. The molecule has 0 saturated heterocycles. The molecule has 0 saturated carbocycles. The summed E-state index contributed by atoms with van der Waals surface area (Å²) in [5.41, 5.74) is 17.6. The van der Waals surface area contributed by atoms with Crippen LogP contribution in [0.1, 0.15) is 0 Å². The second-order valence-electron chi connectivity index (χ2n) is 16.2. The molecule has 0 radical (unpaired) electrons. The number of para-hydroxylation sites is 3. The molecule has 63 heavy (non-hydrogen) atoms. The molecule has 0 aliphatic heterocycles. The third-order valence-corrected chi connectivity index (χ3v) is 12.5. The van der Waals surface area contributed by atoms with Gasteiger partial charge in [0.25, 0.3) is 0 Å². The van der Waals surface area contributed by atoms with Gasteiger partial charge in [0.05, 0.1) is 22.1 Å². The van der Waals surface area contributed by atoms with E-state index < -0.39 is 0 Å². The number of aromatic nitrogens is 2. The van der Waals surface area contributed by atoms with Gasteiger partial charge in [-0.15, -0.1) is 0 Å². The summed E-state index contributed by atoms with van der Waals surface area (Å²) in [6, 6.07) is 89.9. The van der Waals surface area contributed by atoms with Gasteiger partial charge in [-0.2, -0.15) is 0 Å². The Morgan fingerprint density at radius 3 is 1.14 bits per heavy atom. The van der Waals surface area contributed by atoms with E-state index in [0.29, 0.717) is 0 Å². The minimum absolute atomic E-state index is 1.11. The Morgan fingerprint density at radius 2 is 0.619 bits per heavy atom. The predicted octanol–water partition coefficient (Wildman–Crippen LogP) is 16.4. The number of hydrogen-bond acceptors (Lipinski definition) is 1. The van der Waals surface area contributed by atoms with Crippen molar-refractivity contribution in [1.29, 1.82) is 0 Å². The quantitative estimate of drug-likeness (QED) is 0.149. The summed E-state index contributed by atoms with van der Waals surface area (Å²) in [5, 5.41) is 4.99. The first-order chi connectivity index (χ1) is 31.3. The van der Waals surface area contributed by atoms with Crippen molar-refractivity contribution in [2.45, 2.75) is 0 Å². The number of hydrogen-bond donors (Lipinski definition) is 0. The van der Waals surface area contributed by atoms with Crippen molar-refractivity contribution >= 4 is 60.7 Å². The van der Waals surface area contributed by atoms with E-state index in [0.717, 1.165) is 28.4 Å². The Labute approximate surface area is 366 Å². The van der Waals surface area contributed by atoms with Crippen LogP contribution in [0.15, 0.2) is 249 Å². The maximum absolute atomic E-state index is 2.47. The number of nitrogens with zero attached hydrogens (tertiary/aromatic N) is 3. The van der Waals surface area contributed by atoms with E-state index in [1.165, 1.54) is 77.0 Å². The van der Waals surface area contributed by atoms with Crippen molar-refractivity contribution in [2.75, 3.05) is 4.90 Å². The van der Waals surface area contributed by atoms with Crippen LogP contribution in [0.5, 0.6) is 0 Å². The Bertz CT molecular complexity index is 3550. The molecule has 3 heteroatoms. The SMILES string of the molecule is c1ccc(-c2ccc(N(c3ccccc3)c3ccc(-c4ccc(-n5c6ccccc6c6ccc7c(c8ccccc8n7-c7ccc(-c8ccccc8)cc7)c65)cc4)cc3)cc2)cc1. The highest BCUT2D eigenvalue weighted by Gasteiger charge is 2.21. The van der Waals surface area contributed by atoms with Gasteiger partial charge in [0.2, 0.25) is 0 Å². The summed E-state index contributed by atoms with van der Waals surface area (Å²) in [6.45, 7) is 0. The maximum Gasteiger partial charge on any atom is 0.0641 e. The van der Waals surface area contributed by atoms with E-state index in [9.17, 15) is 0 Å². The number of anilines is 3. The molecule has 0 bridgehead atoms. The first-order valence-corrected chi connectivity index (χ1v) is 21.6. The van der Waals surface area contributed by atoms with Crippen LogP contribution >= 0.6 is 0 Å². The van der Waals surface area contributed by atoms with Gasteiger partial charge in [0, 0.05) is 50.0 Å². The fourth-order valence-corrected chi connectivity index (χ4v) is 9.55. The average Bonchev–Trinajstić information content (AvgIpc) is 3.89. The molecule has 0 N–H and O–H groups in total. The van der Waals surface area contributed by atoms with Crippen LogP contribution in [-0.4, -0.2) is 9.13 Å². The van der Waals surface area contributed by atoms with Gasteiger partial charge in [0.15, 0.2) is 0 Å². The fraction of sp³-hybridized carbons (Fsp3) is 0. The van der Waals surface area contributed by atoms with Crippen molar-refractivity contribution in [3.05, 3.63) is 249 Å². The summed E-state index contributed by atoms with van der Waals surface area (Å²) in [5.74, 6) is 0. The Kier molecular flexibility index (Phi) is 8.83. The summed E-state index contributed by atoms with van der Waals surface area (Å²) in [4.78, 5) is 2.32. The van der Waals surface area contributed by atoms with E-state index >= 15 is 0 Å². The lowest BCUT2D eigenvalue weighted by atomic mass is 10.0. The molecule has 0 spiro atoms. The van der Waals surface area contributed by atoms with Crippen LogP contribution in [0.25, 0.3) is 88.4 Å². The van der Waals surface area contributed by atoms with Crippen molar-refractivity contribution in [1.82, 2.24) is 9.13 Å². The summed E-state index contributed by atoms with van der Waals surface area (Å²) in [6.07, 6.45) is 0. The van der Waals surface area contributed by atoms with E-state index in [2.05, 4.69) is 263 Å². The van der Waals surface area contributed by atoms with Gasteiger partial charge in [-0.3, -0.25) is 0 Å². The van der Waals surface area contributed by atoms with Crippen molar-refractivity contribution in [3.8, 4) is 44.8 Å². The van der Waals surface area contributed by atoms with Gasteiger partial charge in [-0.05, 0) is 112 Å². The lowest BCUT2D eigenvalue weighted by Gasteiger charge is -2.26. The minimum atomic E-state index is 1.11. The maximum atomic E-state index is 2.47. The molecule has 2 heterocycles. The minimum Gasteiger partial charge on any atom is -0.311 e. The topological polar surface area (TPSA) is 13.1 Å². The predicted molar refractivity (Wildman–Crippen MR) is 266 cm³/mol. The van der Waals surface area contributed by atoms with Crippen LogP contribution < -0.4 is 4.90 Å². The zero-order valence-electron chi connectivity index (χ0n) is 34.5. The summed E-state index contributed by atoms with van der Waals surface area (Å²) >= 11 is 0. The summed E-state index contributed by atoms with van der Waals surface area (Å²) in [7, 11) is 0. The van der Waals surface area contributed by atoms with Crippen LogP contribution in [0.3, 0.4) is 0 Å². The molecular formula is C60H41N3. The van der Waals surface area contributed by atoms with Crippen molar-refractivity contribution in [3.63, 3.8) is 0 Å². The monoisotopic (exact) mass is 803 g/mol. The van der Waals surface area contributed by atoms with Crippen LogP contribution in [-0.2, 0) is 0 Å². The molecule has 0 aliphatic carbocycles. The second kappa shape index (κ2) is 15.3. The highest BCUT2D eigenvalue weighted by molar-refractivity contribution is 6.26. The lowest BCUT2D eigenvalue weighted by Crippen LogP contribution is -2.09. The van der Waals surface area contributed by atoms with E-state index in [1.807, 2.05) is 0 Å². The van der Waals surface area contributed by atoms with Gasteiger partial charge < -0.3 is 14.0 Å². The molecule has 0 fully saturated rings. The molecule has 12 rings (SSSR count). The first kappa shape index (κ1) is 36.5. The van der Waals surface area contributed by atoms with Crippen LogP contribution in [0, 0.1) is 0 Å². The molecule has 12 aromatic rings. The Morgan fingerprint density at radius 1 is 0.238 bits per heavy atom. The van der Waals surface area contributed by atoms with E-state index in [1.54, 1.807) is 0 Å². The fourth-order valence-electron chi connectivity index (χ4n) is 9.55. The van der Waals surface area contributed by atoms with Crippen LogP contribution in [0.4, 0.5) is 17.1 Å². The molecular weight excluding hydrogens is 763 g/mol. The third kappa shape index (κ3) is 6.29. The summed E-state index contributed by atoms with van der Waals surface area (Å²) < 4.78 is 4.89. The third-order valence-electron chi connectivity index (χ3n) is 12.5. The average molecular weight is 804 g/mol. The zero-order valence-corrected chi connectivity index (χ0v) is 34.5. The van der Waals surface area contributed by atoms with E-state index in [4.69, 9.17) is 0 Å². The Hall–Kier alpha value is -8.40. The van der Waals surface area contributed by atoms with Gasteiger partial charge in [-0.25, -0.2) is 0 Å². The highest BCUT2D eigenvalue weighted by atomic mass is 15.1. The normalized spacial score (nSPS) is 11.5. The number of benzene rings is 10. The van der Waals surface area contributed by atoms with Crippen molar-refractivity contribution in [2.24, 2.45) is 0 Å². The van der Waals surface area contributed by atoms with E-state index in [-0.39, 0.29) is 0 Å².